The van der Waals surface area contributed by atoms with Gasteiger partial charge in [-0.2, -0.15) is 5.10 Å². The Morgan fingerprint density at radius 1 is 0.939 bits per heavy atom. The molecule has 9 nitrogen and oxygen atoms in total. The molecule has 1 heterocycles. The first-order valence-electron chi connectivity index (χ1n) is 10.5. The van der Waals surface area contributed by atoms with Gasteiger partial charge in [-0.25, -0.2) is 5.01 Å². The summed E-state index contributed by atoms with van der Waals surface area (Å²) < 4.78 is 21.7. The van der Waals surface area contributed by atoms with Crippen molar-refractivity contribution in [2.45, 2.75) is 31.7 Å². The molecule has 2 aromatic carbocycles. The van der Waals surface area contributed by atoms with Crippen molar-refractivity contribution in [2.24, 2.45) is 5.10 Å². The maximum absolute atomic E-state index is 13.1. The maximum atomic E-state index is 13.1. The summed E-state index contributed by atoms with van der Waals surface area (Å²) in [7, 11) is 6.25. The molecule has 1 unspecified atom stereocenters. The third kappa shape index (κ3) is 5.36. The molecule has 0 radical (unpaired) electrons. The minimum atomic E-state index is -0.940. The zero-order valence-electron chi connectivity index (χ0n) is 19.2. The van der Waals surface area contributed by atoms with Gasteiger partial charge < -0.3 is 24.1 Å². The molecular formula is C24H28N2O7. The van der Waals surface area contributed by atoms with Crippen LogP contribution in [0.2, 0.25) is 0 Å². The Morgan fingerprint density at radius 2 is 1.64 bits per heavy atom. The van der Waals surface area contributed by atoms with Gasteiger partial charge in [0.25, 0.3) is 0 Å². The largest absolute Gasteiger partial charge is 0.497 e. The molecule has 0 saturated heterocycles. The Labute approximate surface area is 192 Å². The van der Waals surface area contributed by atoms with Gasteiger partial charge in [-0.05, 0) is 42.8 Å². The van der Waals surface area contributed by atoms with Crippen molar-refractivity contribution in [2.75, 3.05) is 28.4 Å². The molecule has 1 atom stereocenters. The summed E-state index contributed by atoms with van der Waals surface area (Å²) in [6, 6.07) is 10.4. The van der Waals surface area contributed by atoms with Gasteiger partial charge in [0.2, 0.25) is 5.91 Å². The molecule has 0 saturated carbocycles. The van der Waals surface area contributed by atoms with E-state index in [4.69, 9.17) is 24.1 Å². The molecular weight excluding hydrogens is 428 g/mol. The molecule has 3 rings (SSSR count). The smallest absolute Gasteiger partial charge is 0.303 e. The first kappa shape index (κ1) is 23.9. The van der Waals surface area contributed by atoms with E-state index in [1.54, 1.807) is 46.6 Å². The number of carboxylic acids is 1. The van der Waals surface area contributed by atoms with E-state index >= 15 is 0 Å². The summed E-state index contributed by atoms with van der Waals surface area (Å²) in [4.78, 5) is 24.0. The molecule has 0 aromatic heterocycles. The van der Waals surface area contributed by atoms with Crippen LogP contribution in [-0.2, 0) is 9.59 Å². The van der Waals surface area contributed by atoms with Crippen molar-refractivity contribution in [1.29, 1.82) is 0 Å². The van der Waals surface area contributed by atoms with E-state index in [2.05, 4.69) is 5.10 Å². The molecule has 33 heavy (non-hydrogen) atoms. The lowest BCUT2D eigenvalue weighted by Gasteiger charge is -2.24. The normalized spacial score (nSPS) is 15.1. The van der Waals surface area contributed by atoms with Crippen LogP contribution in [0.25, 0.3) is 0 Å². The monoisotopic (exact) mass is 456 g/mol. The molecule has 0 bridgehead atoms. The molecule has 9 heteroatoms. The second-order valence-electron chi connectivity index (χ2n) is 7.43. The first-order valence-corrected chi connectivity index (χ1v) is 10.5. The SMILES string of the molecule is COc1ccc(OC)c(C2CC(c3ccc(OC)c(OC)c3)=NN2C(=O)CCCC(=O)O)c1. The van der Waals surface area contributed by atoms with Gasteiger partial charge in [0.1, 0.15) is 11.5 Å². The molecule has 1 amide bonds. The standard InChI is InChI=1S/C24H28N2O7/c1-30-16-9-11-20(31-2)17(13-16)19-14-18(15-8-10-21(32-3)22(12-15)33-4)25-26(19)23(27)6-5-7-24(28)29/h8-13,19H,5-7,14H2,1-4H3,(H,28,29). The minimum Gasteiger partial charge on any atom is -0.497 e. The van der Waals surface area contributed by atoms with Crippen LogP contribution in [0, 0.1) is 0 Å². The van der Waals surface area contributed by atoms with Gasteiger partial charge in [-0.15, -0.1) is 0 Å². The van der Waals surface area contributed by atoms with Gasteiger partial charge in [0.05, 0.1) is 40.2 Å². The van der Waals surface area contributed by atoms with E-state index in [0.717, 1.165) is 11.1 Å². The average Bonchev–Trinajstić information content (AvgIpc) is 3.28. The Morgan fingerprint density at radius 3 is 2.27 bits per heavy atom. The van der Waals surface area contributed by atoms with Crippen molar-refractivity contribution in [3.8, 4) is 23.0 Å². The van der Waals surface area contributed by atoms with E-state index in [9.17, 15) is 9.59 Å². The number of hydrogen-bond acceptors (Lipinski definition) is 7. The Bertz CT molecular complexity index is 1050. The quantitative estimate of drug-likeness (QED) is 0.581. The highest BCUT2D eigenvalue weighted by Gasteiger charge is 2.35. The molecule has 0 spiro atoms. The number of rotatable bonds is 10. The topological polar surface area (TPSA) is 107 Å². The number of ether oxygens (including phenoxy) is 4. The second kappa shape index (κ2) is 10.7. The van der Waals surface area contributed by atoms with Crippen LogP contribution in [0.4, 0.5) is 0 Å². The first-order chi connectivity index (χ1) is 15.9. The number of carbonyl (C=O) groups is 2. The Hall–Kier alpha value is -3.75. The summed E-state index contributed by atoms with van der Waals surface area (Å²) >= 11 is 0. The highest BCUT2D eigenvalue weighted by atomic mass is 16.5. The number of nitrogens with zero attached hydrogens (tertiary/aromatic N) is 2. The highest BCUT2D eigenvalue weighted by Crippen LogP contribution is 2.40. The van der Waals surface area contributed by atoms with Crippen molar-refractivity contribution in [1.82, 2.24) is 5.01 Å². The van der Waals surface area contributed by atoms with Crippen molar-refractivity contribution < 1.29 is 33.6 Å². The summed E-state index contributed by atoms with van der Waals surface area (Å²) in [6.07, 6.45) is 0.647. The predicted molar refractivity (Wildman–Crippen MR) is 121 cm³/mol. The predicted octanol–water partition coefficient (Wildman–Crippen LogP) is 3.65. The fraction of sp³-hybridized carbons (Fsp3) is 0.375. The van der Waals surface area contributed by atoms with Gasteiger partial charge >= 0.3 is 5.97 Å². The molecule has 176 valence electrons. The van der Waals surface area contributed by atoms with E-state index in [0.29, 0.717) is 35.1 Å². The third-order valence-corrected chi connectivity index (χ3v) is 5.46. The number of aliphatic carboxylic acids is 1. The zero-order chi connectivity index (χ0) is 24.0. The Balaban J connectivity index is 1.99. The van der Waals surface area contributed by atoms with E-state index < -0.39 is 12.0 Å². The van der Waals surface area contributed by atoms with Crippen LogP contribution in [0.3, 0.4) is 0 Å². The van der Waals surface area contributed by atoms with Crippen LogP contribution in [0.15, 0.2) is 41.5 Å². The number of benzene rings is 2. The molecule has 1 aliphatic heterocycles. The lowest BCUT2D eigenvalue weighted by atomic mass is 9.97. The van der Waals surface area contributed by atoms with Crippen LogP contribution in [0.1, 0.15) is 42.9 Å². The number of amides is 1. The van der Waals surface area contributed by atoms with E-state index in [-0.39, 0.29) is 25.2 Å². The number of carbonyl (C=O) groups excluding carboxylic acids is 1. The summed E-state index contributed by atoms with van der Waals surface area (Å²) in [5, 5.41) is 15.0. The zero-order valence-corrected chi connectivity index (χ0v) is 19.2. The van der Waals surface area contributed by atoms with Crippen molar-refractivity contribution in [3.63, 3.8) is 0 Å². The summed E-state index contributed by atoms with van der Waals surface area (Å²) in [6.45, 7) is 0. The van der Waals surface area contributed by atoms with Gasteiger partial charge in [0.15, 0.2) is 11.5 Å². The number of carboxylic acid groups (broad SMARTS) is 1. The van der Waals surface area contributed by atoms with E-state index in [1.165, 1.54) is 5.01 Å². The van der Waals surface area contributed by atoms with Crippen molar-refractivity contribution >= 4 is 17.6 Å². The van der Waals surface area contributed by atoms with Crippen LogP contribution in [-0.4, -0.2) is 56.1 Å². The molecule has 0 aliphatic carbocycles. The highest BCUT2D eigenvalue weighted by molar-refractivity contribution is 6.03. The third-order valence-electron chi connectivity index (χ3n) is 5.46. The minimum absolute atomic E-state index is 0.0673. The molecule has 2 aromatic rings. The maximum Gasteiger partial charge on any atom is 0.303 e. The molecule has 1 N–H and O–H groups in total. The van der Waals surface area contributed by atoms with Crippen LogP contribution >= 0.6 is 0 Å². The fourth-order valence-electron chi connectivity index (χ4n) is 3.78. The molecule has 0 fully saturated rings. The Kier molecular flexibility index (Phi) is 7.76. The number of hydrazone groups is 1. The van der Waals surface area contributed by atoms with Gasteiger partial charge in [-0.3, -0.25) is 9.59 Å². The second-order valence-corrected chi connectivity index (χ2v) is 7.43. The summed E-state index contributed by atoms with van der Waals surface area (Å²) in [5.41, 5.74) is 2.24. The average molecular weight is 456 g/mol. The molecule has 1 aliphatic rings. The van der Waals surface area contributed by atoms with Crippen LogP contribution in [0.5, 0.6) is 23.0 Å². The number of hydrogen-bond donors (Lipinski definition) is 1. The number of methoxy groups -OCH3 is 4. The van der Waals surface area contributed by atoms with Crippen LogP contribution < -0.4 is 18.9 Å². The van der Waals surface area contributed by atoms with Gasteiger partial charge in [0, 0.05) is 30.4 Å². The lowest BCUT2D eigenvalue weighted by Crippen LogP contribution is -2.27. The fourth-order valence-corrected chi connectivity index (χ4v) is 3.78. The summed E-state index contributed by atoms with van der Waals surface area (Å²) in [5.74, 6) is 1.18. The lowest BCUT2D eigenvalue weighted by molar-refractivity contribution is -0.137. The van der Waals surface area contributed by atoms with Gasteiger partial charge in [-0.1, -0.05) is 0 Å². The van der Waals surface area contributed by atoms with Crippen molar-refractivity contribution in [3.05, 3.63) is 47.5 Å². The van der Waals surface area contributed by atoms with E-state index in [1.807, 2.05) is 18.2 Å².